The summed E-state index contributed by atoms with van der Waals surface area (Å²) >= 11 is 1.86. The fraction of sp³-hybridized carbons (Fsp3) is 0.400. The van der Waals surface area contributed by atoms with Crippen molar-refractivity contribution >= 4 is 45.4 Å². The van der Waals surface area contributed by atoms with E-state index in [1.165, 1.54) is 35.1 Å². The molecule has 6 rings (SSSR count). The molecule has 5 nitrogen and oxygen atoms in total. The minimum Gasteiger partial charge on any atom is -0.356 e. The van der Waals surface area contributed by atoms with Crippen LogP contribution >= 0.6 is 11.3 Å². The lowest BCUT2D eigenvalue weighted by molar-refractivity contribution is -0.133. The Labute approximate surface area is 186 Å². The normalized spacial score (nSPS) is 20.1. The van der Waals surface area contributed by atoms with Crippen LogP contribution in [0.2, 0.25) is 0 Å². The zero-order chi connectivity index (χ0) is 20.8. The average molecular weight is 431 g/mol. The van der Waals surface area contributed by atoms with E-state index in [4.69, 9.17) is 9.97 Å². The van der Waals surface area contributed by atoms with Crippen LogP contribution in [-0.4, -0.2) is 34.5 Å². The standard InChI is InChI=1S/C25H26N4OS/c30-21-16-25(28-21)12-14-29(15-13-25)23-22-18-8-4-5-9-19(18)31-24(22)27-20(26-23)11-10-17-6-2-1-3-7-17/h1-3,6-7,10-11H,4-5,8-9,12-16H2,(H,28,30). The number of anilines is 1. The van der Waals surface area contributed by atoms with Crippen molar-refractivity contribution in [2.24, 2.45) is 0 Å². The highest BCUT2D eigenvalue weighted by Crippen LogP contribution is 2.41. The van der Waals surface area contributed by atoms with Gasteiger partial charge in [-0.1, -0.05) is 36.4 Å². The first-order valence-corrected chi connectivity index (χ1v) is 12.1. The van der Waals surface area contributed by atoms with Crippen LogP contribution in [0.15, 0.2) is 30.3 Å². The number of carbonyl (C=O) groups is 1. The van der Waals surface area contributed by atoms with Gasteiger partial charge in [-0.15, -0.1) is 11.3 Å². The lowest BCUT2D eigenvalue weighted by atomic mass is 9.78. The number of carbonyl (C=O) groups excluding carboxylic acids is 1. The second-order valence-corrected chi connectivity index (χ2v) is 10.1. The Morgan fingerprint density at radius 3 is 2.58 bits per heavy atom. The number of benzene rings is 1. The lowest BCUT2D eigenvalue weighted by Crippen LogP contribution is -2.65. The first-order chi connectivity index (χ1) is 15.2. The number of nitrogens with zero attached hydrogens (tertiary/aromatic N) is 3. The van der Waals surface area contributed by atoms with E-state index in [9.17, 15) is 4.79 Å². The number of amides is 1. The van der Waals surface area contributed by atoms with E-state index in [1.807, 2.05) is 35.6 Å². The summed E-state index contributed by atoms with van der Waals surface area (Å²) in [7, 11) is 0. The van der Waals surface area contributed by atoms with Gasteiger partial charge in [0.15, 0.2) is 5.82 Å². The number of piperidine rings is 1. The molecule has 2 fully saturated rings. The Balaban J connectivity index is 1.38. The Bertz CT molecular complexity index is 1170. The topological polar surface area (TPSA) is 58.1 Å². The van der Waals surface area contributed by atoms with Gasteiger partial charge in [-0.05, 0) is 55.7 Å². The molecule has 0 saturated carbocycles. The van der Waals surface area contributed by atoms with Gasteiger partial charge in [0.2, 0.25) is 5.91 Å². The highest BCUT2D eigenvalue weighted by Gasteiger charge is 2.45. The van der Waals surface area contributed by atoms with Gasteiger partial charge in [-0.25, -0.2) is 9.97 Å². The molecule has 0 unspecified atom stereocenters. The van der Waals surface area contributed by atoms with Crippen molar-refractivity contribution in [3.05, 3.63) is 52.2 Å². The summed E-state index contributed by atoms with van der Waals surface area (Å²) in [5.41, 5.74) is 2.67. The second kappa shape index (κ2) is 7.45. The van der Waals surface area contributed by atoms with Gasteiger partial charge in [0.05, 0.1) is 10.9 Å². The highest BCUT2D eigenvalue weighted by atomic mass is 32.1. The van der Waals surface area contributed by atoms with Crippen molar-refractivity contribution in [2.75, 3.05) is 18.0 Å². The van der Waals surface area contributed by atoms with Gasteiger partial charge >= 0.3 is 0 Å². The van der Waals surface area contributed by atoms with E-state index < -0.39 is 0 Å². The van der Waals surface area contributed by atoms with Gasteiger partial charge in [0.1, 0.15) is 10.6 Å². The maximum absolute atomic E-state index is 11.5. The minimum absolute atomic E-state index is 0.0316. The summed E-state index contributed by atoms with van der Waals surface area (Å²) in [6, 6.07) is 10.3. The Morgan fingerprint density at radius 1 is 1.03 bits per heavy atom. The molecule has 1 amide bonds. The van der Waals surface area contributed by atoms with Gasteiger partial charge < -0.3 is 10.2 Å². The molecule has 1 aromatic carbocycles. The monoisotopic (exact) mass is 430 g/mol. The zero-order valence-electron chi connectivity index (χ0n) is 17.6. The van der Waals surface area contributed by atoms with Crippen LogP contribution in [0.4, 0.5) is 5.82 Å². The second-order valence-electron chi connectivity index (χ2n) is 9.03. The van der Waals surface area contributed by atoms with Crippen LogP contribution in [0.25, 0.3) is 22.4 Å². The first kappa shape index (κ1) is 19.0. The van der Waals surface area contributed by atoms with E-state index in [0.717, 1.165) is 54.4 Å². The molecule has 6 heteroatoms. The molecule has 4 heterocycles. The first-order valence-electron chi connectivity index (χ1n) is 11.3. The third kappa shape index (κ3) is 3.43. The molecular weight excluding hydrogens is 404 g/mol. The van der Waals surface area contributed by atoms with Crippen LogP contribution in [0, 0.1) is 0 Å². The lowest BCUT2D eigenvalue weighted by Gasteiger charge is -2.48. The number of hydrogen-bond acceptors (Lipinski definition) is 5. The smallest absolute Gasteiger partial charge is 0.222 e. The molecule has 158 valence electrons. The predicted molar refractivity (Wildman–Crippen MR) is 126 cm³/mol. The van der Waals surface area contributed by atoms with Crippen LogP contribution < -0.4 is 10.2 Å². The van der Waals surface area contributed by atoms with Crippen LogP contribution in [-0.2, 0) is 17.6 Å². The Morgan fingerprint density at radius 2 is 1.81 bits per heavy atom. The molecule has 1 N–H and O–H groups in total. The molecule has 3 aliphatic rings. The van der Waals surface area contributed by atoms with Crippen LogP contribution in [0.5, 0.6) is 0 Å². The van der Waals surface area contributed by atoms with E-state index in [-0.39, 0.29) is 11.4 Å². The number of nitrogens with one attached hydrogen (secondary N) is 1. The molecule has 1 aliphatic carbocycles. The summed E-state index contributed by atoms with van der Waals surface area (Å²) in [6.07, 6.45) is 11.6. The zero-order valence-corrected chi connectivity index (χ0v) is 18.4. The van der Waals surface area contributed by atoms with Crippen LogP contribution in [0.3, 0.4) is 0 Å². The number of aryl methyl sites for hydroxylation is 2. The van der Waals surface area contributed by atoms with Gasteiger partial charge in [0.25, 0.3) is 0 Å². The SMILES string of the molecule is O=C1CC2(CCN(c3nc(C=Cc4ccccc4)nc4sc5c(c34)CCCC5)CC2)N1. The molecule has 0 bridgehead atoms. The van der Waals surface area contributed by atoms with Crippen molar-refractivity contribution in [2.45, 2.75) is 50.5 Å². The maximum atomic E-state index is 11.5. The van der Waals surface area contributed by atoms with Crippen molar-refractivity contribution < 1.29 is 4.79 Å². The largest absolute Gasteiger partial charge is 0.356 e. The van der Waals surface area contributed by atoms with E-state index in [0.29, 0.717) is 6.42 Å². The van der Waals surface area contributed by atoms with Crippen molar-refractivity contribution in [3.63, 3.8) is 0 Å². The molecule has 2 saturated heterocycles. The van der Waals surface area contributed by atoms with Crippen molar-refractivity contribution in [3.8, 4) is 0 Å². The molecule has 0 radical (unpaired) electrons. The highest BCUT2D eigenvalue weighted by molar-refractivity contribution is 7.19. The molecule has 3 aromatic rings. The fourth-order valence-corrected chi connectivity index (χ4v) is 6.49. The number of fused-ring (bicyclic) bond motifs is 3. The Kier molecular flexibility index (Phi) is 4.56. The van der Waals surface area contributed by atoms with E-state index in [2.05, 4.69) is 28.4 Å². The third-order valence-corrected chi connectivity index (χ3v) is 8.15. The van der Waals surface area contributed by atoms with Crippen molar-refractivity contribution in [1.29, 1.82) is 0 Å². The summed E-state index contributed by atoms with van der Waals surface area (Å²) in [6.45, 7) is 1.86. The third-order valence-electron chi connectivity index (χ3n) is 6.96. The summed E-state index contributed by atoms with van der Waals surface area (Å²) in [4.78, 5) is 26.6. The number of thiophene rings is 1. The average Bonchev–Trinajstić information content (AvgIpc) is 3.16. The predicted octanol–water partition coefficient (Wildman–Crippen LogP) is 4.60. The fourth-order valence-electron chi connectivity index (χ4n) is 5.23. The number of hydrogen-bond donors (Lipinski definition) is 1. The molecule has 2 aliphatic heterocycles. The molecular formula is C25H26N4OS. The quantitative estimate of drug-likeness (QED) is 0.617. The van der Waals surface area contributed by atoms with Gasteiger partial charge in [0, 0.05) is 24.4 Å². The summed E-state index contributed by atoms with van der Waals surface area (Å²) < 4.78 is 0. The number of β-lactam (4-membered cyclic amide) rings is 1. The minimum atomic E-state index is 0.0316. The van der Waals surface area contributed by atoms with Gasteiger partial charge in [-0.3, -0.25) is 4.79 Å². The number of rotatable bonds is 3. The molecule has 31 heavy (non-hydrogen) atoms. The summed E-state index contributed by atoms with van der Waals surface area (Å²) in [5, 5.41) is 4.44. The van der Waals surface area contributed by atoms with Crippen molar-refractivity contribution in [1.82, 2.24) is 15.3 Å². The summed E-state index contributed by atoms with van der Waals surface area (Å²) in [5.74, 6) is 2.07. The number of aromatic nitrogens is 2. The van der Waals surface area contributed by atoms with Gasteiger partial charge in [-0.2, -0.15) is 0 Å². The molecule has 1 spiro atoms. The van der Waals surface area contributed by atoms with E-state index in [1.54, 1.807) is 0 Å². The Hall–Kier alpha value is -2.73. The molecule has 2 aromatic heterocycles. The molecule has 0 atom stereocenters. The van der Waals surface area contributed by atoms with E-state index >= 15 is 0 Å². The maximum Gasteiger partial charge on any atom is 0.222 e. The van der Waals surface area contributed by atoms with Crippen LogP contribution in [0.1, 0.15) is 53.9 Å².